The molecule has 0 bridgehead atoms. The molecular formula is C19H27NO5. The number of rotatable bonds is 10. The van der Waals surface area contributed by atoms with E-state index < -0.39 is 17.9 Å². The van der Waals surface area contributed by atoms with Gasteiger partial charge >= 0.3 is 5.97 Å². The minimum Gasteiger partial charge on any atom is -0.493 e. The third kappa shape index (κ3) is 5.96. The van der Waals surface area contributed by atoms with Gasteiger partial charge < -0.3 is 19.9 Å². The zero-order chi connectivity index (χ0) is 18.4. The lowest BCUT2D eigenvalue weighted by Gasteiger charge is -2.16. The van der Waals surface area contributed by atoms with Crippen LogP contribution in [0.25, 0.3) is 0 Å². The first-order valence-corrected chi connectivity index (χ1v) is 8.75. The maximum Gasteiger partial charge on any atom is 0.326 e. The summed E-state index contributed by atoms with van der Waals surface area (Å²) in [5.41, 5.74) is 0.357. The van der Waals surface area contributed by atoms with Crippen molar-refractivity contribution in [1.82, 2.24) is 5.32 Å². The number of carboxylic acids is 1. The molecule has 1 saturated carbocycles. The predicted octanol–water partition coefficient (Wildman–Crippen LogP) is 3.10. The summed E-state index contributed by atoms with van der Waals surface area (Å²) in [4.78, 5) is 23.7. The Morgan fingerprint density at radius 3 is 2.56 bits per heavy atom. The van der Waals surface area contributed by atoms with Crippen LogP contribution in [0.3, 0.4) is 0 Å². The number of amides is 1. The molecule has 0 spiro atoms. The summed E-state index contributed by atoms with van der Waals surface area (Å²) in [6, 6.07) is 4.03. The van der Waals surface area contributed by atoms with Crippen molar-refractivity contribution in [3.8, 4) is 11.5 Å². The van der Waals surface area contributed by atoms with E-state index in [9.17, 15) is 14.7 Å². The van der Waals surface area contributed by atoms with Crippen molar-refractivity contribution in [1.29, 1.82) is 0 Å². The van der Waals surface area contributed by atoms with Crippen LogP contribution in [0.15, 0.2) is 18.2 Å². The van der Waals surface area contributed by atoms with Gasteiger partial charge in [0.05, 0.1) is 13.7 Å². The van der Waals surface area contributed by atoms with E-state index in [1.54, 1.807) is 18.2 Å². The largest absolute Gasteiger partial charge is 0.493 e. The van der Waals surface area contributed by atoms with Crippen molar-refractivity contribution in [2.24, 2.45) is 11.8 Å². The van der Waals surface area contributed by atoms with E-state index in [4.69, 9.17) is 9.47 Å². The highest BCUT2D eigenvalue weighted by Crippen LogP contribution is 2.34. The number of benzene rings is 1. The zero-order valence-electron chi connectivity index (χ0n) is 15.1. The Labute approximate surface area is 148 Å². The van der Waals surface area contributed by atoms with E-state index in [-0.39, 0.29) is 0 Å². The maximum absolute atomic E-state index is 12.4. The van der Waals surface area contributed by atoms with Crippen molar-refractivity contribution in [2.75, 3.05) is 13.7 Å². The van der Waals surface area contributed by atoms with Crippen LogP contribution in [0.1, 0.15) is 49.9 Å². The summed E-state index contributed by atoms with van der Waals surface area (Å²) in [6.07, 6.45) is 3.48. The third-order valence-corrected chi connectivity index (χ3v) is 4.25. The fourth-order valence-electron chi connectivity index (χ4n) is 2.48. The number of nitrogens with one attached hydrogen (secondary N) is 1. The van der Waals surface area contributed by atoms with Gasteiger partial charge in [-0.1, -0.05) is 26.7 Å². The molecular weight excluding hydrogens is 322 g/mol. The quantitative estimate of drug-likeness (QED) is 0.678. The number of hydrogen-bond acceptors (Lipinski definition) is 4. The molecule has 0 aromatic heterocycles. The molecule has 1 atom stereocenters. The van der Waals surface area contributed by atoms with Gasteiger partial charge in [0, 0.05) is 5.56 Å². The van der Waals surface area contributed by atoms with E-state index >= 15 is 0 Å². The molecule has 0 aliphatic heterocycles. The molecule has 6 heteroatoms. The fraction of sp³-hybridized carbons (Fsp3) is 0.579. The summed E-state index contributed by atoms with van der Waals surface area (Å²) in [7, 11) is 1.51. The average Bonchev–Trinajstić information content (AvgIpc) is 3.38. The van der Waals surface area contributed by atoms with E-state index in [0.29, 0.717) is 41.9 Å². The lowest BCUT2D eigenvalue weighted by molar-refractivity contribution is -0.139. The summed E-state index contributed by atoms with van der Waals surface area (Å²) in [5, 5.41) is 11.9. The molecule has 0 heterocycles. The molecule has 6 nitrogen and oxygen atoms in total. The van der Waals surface area contributed by atoms with E-state index in [2.05, 4.69) is 19.2 Å². The number of carbonyl (C=O) groups is 2. The van der Waals surface area contributed by atoms with Crippen LogP contribution < -0.4 is 14.8 Å². The normalized spacial score (nSPS) is 14.9. The first-order valence-electron chi connectivity index (χ1n) is 8.75. The predicted molar refractivity (Wildman–Crippen MR) is 94.2 cm³/mol. The smallest absolute Gasteiger partial charge is 0.326 e. The van der Waals surface area contributed by atoms with Crippen molar-refractivity contribution >= 4 is 11.9 Å². The molecule has 1 aliphatic rings. The number of ether oxygens (including phenoxy) is 2. The highest BCUT2D eigenvalue weighted by molar-refractivity contribution is 5.97. The van der Waals surface area contributed by atoms with Gasteiger partial charge in [-0.05, 0) is 42.9 Å². The monoisotopic (exact) mass is 349 g/mol. The van der Waals surface area contributed by atoms with Gasteiger partial charge in [-0.25, -0.2) is 4.79 Å². The number of carbonyl (C=O) groups excluding carboxylic acids is 1. The Morgan fingerprint density at radius 2 is 2.00 bits per heavy atom. The summed E-state index contributed by atoms with van der Waals surface area (Å²) in [5.74, 6) is 0.571. The van der Waals surface area contributed by atoms with E-state index in [1.807, 2.05) is 0 Å². The van der Waals surface area contributed by atoms with Crippen LogP contribution in [0, 0.1) is 11.8 Å². The summed E-state index contributed by atoms with van der Waals surface area (Å²) in [6.45, 7) is 4.81. The third-order valence-electron chi connectivity index (χ3n) is 4.25. The summed E-state index contributed by atoms with van der Waals surface area (Å²) >= 11 is 0. The van der Waals surface area contributed by atoms with Crippen molar-refractivity contribution in [3.63, 3.8) is 0 Å². The van der Waals surface area contributed by atoms with Crippen molar-refractivity contribution < 1.29 is 24.2 Å². The second kappa shape index (κ2) is 8.74. The van der Waals surface area contributed by atoms with Crippen LogP contribution in [0.5, 0.6) is 11.5 Å². The van der Waals surface area contributed by atoms with E-state index in [0.717, 1.165) is 19.3 Å². The highest BCUT2D eigenvalue weighted by Gasteiger charge is 2.30. The Kier molecular flexibility index (Phi) is 6.67. The molecule has 1 fully saturated rings. The molecule has 1 aromatic rings. The second-order valence-corrected chi connectivity index (χ2v) is 6.94. The van der Waals surface area contributed by atoms with Crippen LogP contribution in [-0.2, 0) is 4.79 Å². The number of aliphatic carboxylic acids is 1. The molecule has 25 heavy (non-hydrogen) atoms. The Morgan fingerprint density at radius 1 is 1.28 bits per heavy atom. The number of carboxylic acid groups (broad SMARTS) is 1. The fourth-order valence-corrected chi connectivity index (χ4v) is 2.48. The first kappa shape index (κ1) is 19.1. The van der Waals surface area contributed by atoms with Gasteiger partial charge in [-0.15, -0.1) is 0 Å². The molecule has 1 aromatic carbocycles. The molecule has 0 saturated heterocycles. The zero-order valence-corrected chi connectivity index (χ0v) is 15.1. The van der Waals surface area contributed by atoms with Gasteiger partial charge in [0.15, 0.2) is 11.5 Å². The Bertz CT molecular complexity index is 610. The summed E-state index contributed by atoms with van der Waals surface area (Å²) < 4.78 is 11.0. The molecule has 2 N–H and O–H groups in total. The Hall–Kier alpha value is -2.24. The second-order valence-electron chi connectivity index (χ2n) is 6.94. The van der Waals surface area contributed by atoms with Gasteiger partial charge in [0.25, 0.3) is 5.91 Å². The van der Waals surface area contributed by atoms with Crippen LogP contribution in [0.2, 0.25) is 0 Å². The number of hydrogen-bond donors (Lipinski definition) is 2. The standard InChI is InChI=1S/C19H27NO5/c1-12(2)8-9-25-16-7-6-14(11-17(16)24-3)18(21)20-15(19(22)23)10-13-4-5-13/h6-7,11-13,15H,4-5,8-10H2,1-3H3,(H,20,21)(H,22,23). The van der Waals surface area contributed by atoms with Crippen LogP contribution >= 0.6 is 0 Å². The maximum atomic E-state index is 12.4. The topological polar surface area (TPSA) is 84.9 Å². The molecule has 0 radical (unpaired) electrons. The lowest BCUT2D eigenvalue weighted by atomic mass is 10.1. The van der Waals surface area contributed by atoms with Gasteiger partial charge in [0.1, 0.15) is 6.04 Å². The van der Waals surface area contributed by atoms with Gasteiger partial charge in [-0.2, -0.15) is 0 Å². The highest BCUT2D eigenvalue weighted by atomic mass is 16.5. The van der Waals surface area contributed by atoms with Crippen molar-refractivity contribution in [2.45, 2.75) is 45.6 Å². The Balaban J connectivity index is 2.02. The molecule has 138 valence electrons. The minimum atomic E-state index is -0.999. The van der Waals surface area contributed by atoms with Gasteiger partial charge in [-0.3, -0.25) is 4.79 Å². The van der Waals surface area contributed by atoms with E-state index in [1.165, 1.54) is 7.11 Å². The molecule has 1 amide bonds. The SMILES string of the molecule is COc1cc(C(=O)NC(CC2CC2)C(=O)O)ccc1OCCC(C)C. The van der Waals surface area contributed by atoms with Crippen LogP contribution in [0.4, 0.5) is 0 Å². The molecule has 1 unspecified atom stereocenters. The lowest BCUT2D eigenvalue weighted by Crippen LogP contribution is -2.41. The minimum absolute atomic E-state index is 0.357. The first-order chi connectivity index (χ1) is 11.9. The van der Waals surface area contributed by atoms with Gasteiger partial charge in [0.2, 0.25) is 0 Å². The molecule has 1 aliphatic carbocycles. The van der Waals surface area contributed by atoms with Crippen LogP contribution in [-0.4, -0.2) is 36.7 Å². The number of methoxy groups -OCH3 is 1. The molecule has 2 rings (SSSR count). The average molecular weight is 349 g/mol. The van der Waals surface area contributed by atoms with Crippen molar-refractivity contribution in [3.05, 3.63) is 23.8 Å².